The van der Waals surface area contributed by atoms with Crippen molar-refractivity contribution in [3.8, 4) is 0 Å². The van der Waals surface area contributed by atoms with E-state index in [0.29, 0.717) is 6.54 Å². The second-order valence-corrected chi connectivity index (χ2v) is 4.09. The van der Waals surface area contributed by atoms with Gasteiger partial charge in [0.05, 0.1) is 0 Å². The van der Waals surface area contributed by atoms with Crippen molar-refractivity contribution in [2.45, 2.75) is 39.5 Å². The smallest absolute Gasteiger partial charge is 0.0136 e. The minimum absolute atomic E-state index is 0.711. The van der Waals surface area contributed by atoms with E-state index in [1.807, 2.05) is 0 Å². The Labute approximate surface area is 81.7 Å². The summed E-state index contributed by atoms with van der Waals surface area (Å²) in [5, 5.41) is 0. The Morgan fingerprint density at radius 1 is 1.38 bits per heavy atom. The number of hydrogen-bond donors (Lipinski definition) is 1. The molecule has 0 saturated heterocycles. The van der Waals surface area contributed by atoms with Crippen molar-refractivity contribution < 1.29 is 0 Å². The van der Waals surface area contributed by atoms with Gasteiger partial charge in [0.25, 0.3) is 0 Å². The van der Waals surface area contributed by atoms with Gasteiger partial charge in [0, 0.05) is 6.54 Å². The summed E-state index contributed by atoms with van der Waals surface area (Å²) in [5.41, 5.74) is 8.45. The molecule has 0 bridgehead atoms. The van der Waals surface area contributed by atoms with Crippen LogP contribution in [0.5, 0.6) is 0 Å². The highest BCUT2D eigenvalue weighted by Gasteiger charge is 2.09. The van der Waals surface area contributed by atoms with Crippen molar-refractivity contribution in [3.63, 3.8) is 0 Å². The largest absolute Gasteiger partial charge is 0.327 e. The molecule has 0 aromatic rings. The van der Waals surface area contributed by atoms with Crippen LogP contribution in [-0.4, -0.2) is 6.54 Å². The number of nitrogens with two attached hydrogens (primary N) is 1. The molecule has 74 valence electrons. The summed E-state index contributed by atoms with van der Waals surface area (Å²) in [7, 11) is 0. The van der Waals surface area contributed by atoms with Crippen LogP contribution in [0.3, 0.4) is 0 Å². The molecule has 0 saturated carbocycles. The van der Waals surface area contributed by atoms with Gasteiger partial charge in [0.2, 0.25) is 0 Å². The van der Waals surface area contributed by atoms with E-state index >= 15 is 0 Å². The summed E-state index contributed by atoms with van der Waals surface area (Å²) < 4.78 is 0. The molecule has 0 spiro atoms. The van der Waals surface area contributed by atoms with Gasteiger partial charge in [-0.1, -0.05) is 23.3 Å². The minimum Gasteiger partial charge on any atom is -0.327 e. The van der Waals surface area contributed by atoms with Gasteiger partial charge >= 0.3 is 0 Å². The molecule has 13 heavy (non-hydrogen) atoms. The van der Waals surface area contributed by atoms with Gasteiger partial charge in [0.15, 0.2) is 0 Å². The molecule has 1 nitrogen and oxygen atoms in total. The Bertz CT molecular complexity index is 213. The topological polar surface area (TPSA) is 26.0 Å². The fraction of sp³-hybridized carbons (Fsp3) is 0.667. The van der Waals surface area contributed by atoms with Crippen LogP contribution < -0.4 is 5.73 Å². The second kappa shape index (κ2) is 5.23. The predicted molar refractivity (Wildman–Crippen MR) is 58.5 cm³/mol. The average molecular weight is 179 g/mol. The van der Waals surface area contributed by atoms with Crippen LogP contribution >= 0.6 is 0 Å². The summed E-state index contributed by atoms with van der Waals surface area (Å²) in [6.45, 7) is 5.06. The van der Waals surface area contributed by atoms with Gasteiger partial charge in [-0.05, 0) is 45.4 Å². The quantitative estimate of drug-likeness (QED) is 0.662. The van der Waals surface area contributed by atoms with Crippen molar-refractivity contribution in [3.05, 3.63) is 23.3 Å². The van der Waals surface area contributed by atoms with E-state index in [2.05, 4.69) is 26.0 Å². The molecular weight excluding hydrogens is 158 g/mol. The van der Waals surface area contributed by atoms with Crippen LogP contribution in [0.2, 0.25) is 0 Å². The van der Waals surface area contributed by atoms with E-state index in [-0.39, 0.29) is 0 Å². The lowest BCUT2D eigenvalue weighted by molar-refractivity contribution is 0.534. The molecule has 0 aromatic carbocycles. The van der Waals surface area contributed by atoms with Crippen LogP contribution in [0.4, 0.5) is 0 Å². The standard InChI is InChI=1S/C12H21N/c1-10(11(2)9-13)8-12-6-4-3-5-7-12/h4,6,12H,3,5,7-9,13H2,1-2H3/b11-10-. The van der Waals surface area contributed by atoms with E-state index in [1.54, 1.807) is 0 Å². The molecule has 1 heteroatoms. The van der Waals surface area contributed by atoms with Crippen molar-refractivity contribution in [1.29, 1.82) is 0 Å². The summed E-state index contributed by atoms with van der Waals surface area (Å²) >= 11 is 0. The summed E-state index contributed by atoms with van der Waals surface area (Å²) in [5.74, 6) is 0.773. The summed E-state index contributed by atoms with van der Waals surface area (Å²) in [6, 6.07) is 0. The van der Waals surface area contributed by atoms with E-state index in [9.17, 15) is 0 Å². The molecule has 1 rings (SSSR count). The zero-order valence-corrected chi connectivity index (χ0v) is 8.84. The lowest BCUT2D eigenvalue weighted by atomic mass is 9.89. The lowest BCUT2D eigenvalue weighted by Gasteiger charge is -2.17. The predicted octanol–water partition coefficient (Wildman–Crippen LogP) is 3.03. The molecule has 0 heterocycles. The first-order valence-electron chi connectivity index (χ1n) is 5.26. The Kier molecular flexibility index (Phi) is 4.23. The maximum Gasteiger partial charge on any atom is 0.0136 e. The average Bonchev–Trinajstić information content (AvgIpc) is 2.18. The summed E-state index contributed by atoms with van der Waals surface area (Å²) in [6.07, 6.45) is 9.88. The first kappa shape index (κ1) is 10.5. The normalized spacial score (nSPS) is 24.4. The van der Waals surface area contributed by atoms with Crippen LogP contribution in [0.1, 0.15) is 39.5 Å². The third-order valence-corrected chi connectivity index (χ3v) is 2.96. The third-order valence-electron chi connectivity index (χ3n) is 2.96. The lowest BCUT2D eigenvalue weighted by Crippen LogP contribution is -2.06. The van der Waals surface area contributed by atoms with E-state index in [0.717, 1.165) is 5.92 Å². The number of allylic oxidation sites excluding steroid dienone is 3. The number of hydrogen-bond acceptors (Lipinski definition) is 1. The Morgan fingerprint density at radius 3 is 2.69 bits per heavy atom. The van der Waals surface area contributed by atoms with Gasteiger partial charge in [-0.2, -0.15) is 0 Å². The zero-order chi connectivity index (χ0) is 9.68. The van der Waals surface area contributed by atoms with Crippen LogP contribution in [0.25, 0.3) is 0 Å². The molecule has 1 aliphatic carbocycles. The Morgan fingerprint density at radius 2 is 2.15 bits per heavy atom. The molecule has 2 N–H and O–H groups in total. The van der Waals surface area contributed by atoms with E-state index in [1.165, 1.54) is 36.8 Å². The molecular formula is C12H21N. The van der Waals surface area contributed by atoms with E-state index in [4.69, 9.17) is 5.73 Å². The highest BCUT2D eigenvalue weighted by atomic mass is 14.5. The van der Waals surface area contributed by atoms with Gasteiger partial charge in [0.1, 0.15) is 0 Å². The minimum atomic E-state index is 0.711. The Balaban J connectivity index is 2.47. The third kappa shape index (κ3) is 3.35. The maximum absolute atomic E-state index is 5.60. The fourth-order valence-corrected chi connectivity index (χ4v) is 1.79. The number of rotatable bonds is 3. The van der Waals surface area contributed by atoms with Crippen LogP contribution in [-0.2, 0) is 0 Å². The van der Waals surface area contributed by atoms with Gasteiger partial charge < -0.3 is 5.73 Å². The van der Waals surface area contributed by atoms with Crippen molar-refractivity contribution >= 4 is 0 Å². The van der Waals surface area contributed by atoms with E-state index < -0.39 is 0 Å². The van der Waals surface area contributed by atoms with Crippen LogP contribution in [0, 0.1) is 5.92 Å². The highest BCUT2D eigenvalue weighted by molar-refractivity contribution is 5.13. The SMILES string of the molecule is C/C(CN)=C(\C)CC1C=CCCC1. The molecule has 0 fully saturated rings. The van der Waals surface area contributed by atoms with Crippen LogP contribution in [0.15, 0.2) is 23.3 Å². The fourth-order valence-electron chi connectivity index (χ4n) is 1.79. The molecule has 0 amide bonds. The maximum atomic E-state index is 5.60. The summed E-state index contributed by atoms with van der Waals surface area (Å²) in [4.78, 5) is 0. The van der Waals surface area contributed by atoms with Gasteiger partial charge in [-0.3, -0.25) is 0 Å². The van der Waals surface area contributed by atoms with Gasteiger partial charge in [-0.25, -0.2) is 0 Å². The van der Waals surface area contributed by atoms with Gasteiger partial charge in [-0.15, -0.1) is 0 Å². The molecule has 0 aliphatic heterocycles. The molecule has 1 unspecified atom stereocenters. The molecule has 0 radical (unpaired) electrons. The first-order valence-corrected chi connectivity index (χ1v) is 5.26. The highest BCUT2D eigenvalue weighted by Crippen LogP contribution is 2.24. The van der Waals surface area contributed by atoms with Crippen molar-refractivity contribution in [2.75, 3.05) is 6.54 Å². The zero-order valence-electron chi connectivity index (χ0n) is 8.84. The Hall–Kier alpha value is -0.560. The van der Waals surface area contributed by atoms with Crippen molar-refractivity contribution in [1.82, 2.24) is 0 Å². The second-order valence-electron chi connectivity index (χ2n) is 4.09. The molecule has 1 atom stereocenters. The van der Waals surface area contributed by atoms with Crippen molar-refractivity contribution in [2.24, 2.45) is 11.7 Å². The molecule has 0 aromatic heterocycles. The monoisotopic (exact) mass is 179 g/mol. The first-order chi connectivity index (χ1) is 6.24. The molecule has 1 aliphatic rings.